The van der Waals surface area contributed by atoms with Crippen molar-refractivity contribution in [1.29, 1.82) is 0 Å². The molecule has 0 aliphatic heterocycles. The first-order valence-electron chi connectivity index (χ1n) is 7.99. The molecule has 2 rings (SSSR count). The molecule has 0 aliphatic carbocycles. The highest BCUT2D eigenvalue weighted by molar-refractivity contribution is 7.92. The van der Waals surface area contributed by atoms with E-state index >= 15 is 0 Å². The summed E-state index contributed by atoms with van der Waals surface area (Å²) in [5.74, 6) is -0.382. The van der Waals surface area contributed by atoms with Crippen molar-refractivity contribution in [3.05, 3.63) is 64.1 Å². The van der Waals surface area contributed by atoms with Crippen LogP contribution in [0.15, 0.2) is 48.5 Å². The van der Waals surface area contributed by atoms with E-state index in [0.717, 1.165) is 16.1 Å². The fraction of sp³-hybridized carbons (Fsp3) is 0.278. The van der Waals surface area contributed by atoms with Gasteiger partial charge in [0.1, 0.15) is 6.04 Å². The lowest BCUT2D eigenvalue weighted by Gasteiger charge is -2.30. The Morgan fingerprint density at radius 2 is 1.77 bits per heavy atom. The van der Waals surface area contributed by atoms with Gasteiger partial charge < -0.3 is 5.32 Å². The Labute approximate surface area is 164 Å². The Balaban J connectivity index is 2.23. The number of hydrogen-bond acceptors (Lipinski definition) is 3. The molecule has 1 atom stereocenters. The van der Waals surface area contributed by atoms with E-state index in [9.17, 15) is 13.2 Å². The highest BCUT2D eigenvalue weighted by Gasteiger charge is 2.31. The zero-order chi connectivity index (χ0) is 19.3. The number of halogens is 2. The van der Waals surface area contributed by atoms with E-state index in [1.807, 2.05) is 0 Å². The lowest BCUT2D eigenvalue weighted by atomic mass is 10.1. The summed E-state index contributed by atoms with van der Waals surface area (Å²) in [6.45, 7) is 2.04. The fourth-order valence-corrected chi connectivity index (χ4v) is 4.10. The van der Waals surface area contributed by atoms with Crippen molar-refractivity contribution >= 4 is 44.8 Å². The van der Waals surface area contributed by atoms with Crippen molar-refractivity contribution in [2.45, 2.75) is 25.9 Å². The minimum absolute atomic E-state index is 0.277. The molecule has 8 heteroatoms. The van der Waals surface area contributed by atoms with E-state index in [1.165, 1.54) is 6.07 Å². The SMILES string of the molecule is CC[C@H](C(=O)NCc1ccc(Cl)cc1)N(c1cccc(Cl)c1)S(C)(=O)=O. The number of benzene rings is 2. The minimum Gasteiger partial charge on any atom is -0.350 e. The molecule has 140 valence electrons. The maximum Gasteiger partial charge on any atom is 0.244 e. The van der Waals surface area contributed by atoms with Gasteiger partial charge in [0.15, 0.2) is 0 Å². The van der Waals surface area contributed by atoms with Crippen LogP contribution in [0.4, 0.5) is 5.69 Å². The third-order valence-electron chi connectivity index (χ3n) is 3.77. The van der Waals surface area contributed by atoms with Gasteiger partial charge in [-0.25, -0.2) is 8.42 Å². The maximum absolute atomic E-state index is 12.7. The Morgan fingerprint density at radius 3 is 2.31 bits per heavy atom. The van der Waals surface area contributed by atoms with Crippen LogP contribution in [-0.2, 0) is 21.4 Å². The van der Waals surface area contributed by atoms with E-state index in [2.05, 4.69) is 5.32 Å². The van der Waals surface area contributed by atoms with E-state index < -0.39 is 16.1 Å². The van der Waals surface area contributed by atoms with Gasteiger partial charge in [0.05, 0.1) is 11.9 Å². The number of carbonyl (C=O) groups is 1. The summed E-state index contributed by atoms with van der Waals surface area (Å²) in [5.41, 5.74) is 1.22. The Kier molecular flexibility index (Phi) is 6.92. The van der Waals surface area contributed by atoms with E-state index in [4.69, 9.17) is 23.2 Å². The highest BCUT2D eigenvalue weighted by Crippen LogP contribution is 2.25. The third kappa shape index (κ3) is 5.37. The molecule has 0 saturated heterocycles. The number of hydrogen-bond donors (Lipinski definition) is 1. The second kappa shape index (κ2) is 8.75. The van der Waals surface area contributed by atoms with Crippen LogP contribution in [0.2, 0.25) is 10.0 Å². The van der Waals surface area contributed by atoms with Crippen LogP contribution in [0, 0.1) is 0 Å². The molecule has 0 saturated carbocycles. The molecule has 0 heterocycles. The van der Waals surface area contributed by atoms with Crippen molar-refractivity contribution in [2.75, 3.05) is 10.6 Å². The number of rotatable bonds is 7. The van der Waals surface area contributed by atoms with Crippen LogP contribution in [-0.4, -0.2) is 26.6 Å². The van der Waals surface area contributed by atoms with Crippen molar-refractivity contribution in [1.82, 2.24) is 5.32 Å². The van der Waals surface area contributed by atoms with E-state index in [0.29, 0.717) is 22.2 Å². The molecule has 1 N–H and O–H groups in total. The summed E-state index contributed by atoms with van der Waals surface area (Å²) in [6.07, 6.45) is 1.38. The number of anilines is 1. The van der Waals surface area contributed by atoms with Gasteiger partial charge in [-0.05, 0) is 42.3 Å². The second-order valence-electron chi connectivity index (χ2n) is 5.81. The van der Waals surface area contributed by atoms with Crippen molar-refractivity contribution in [3.63, 3.8) is 0 Å². The van der Waals surface area contributed by atoms with Gasteiger partial charge in [0.25, 0.3) is 0 Å². The van der Waals surface area contributed by atoms with Crippen LogP contribution in [0.1, 0.15) is 18.9 Å². The summed E-state index contributed by atoms with van der Waals surface area (Å²) in [6, 6.07) is 12.6. The Bertz CT molecular complexity index is 870. The molecule has 5 nitrogen and oxygen atoms in total. The molecule has 2 aromatic rings. The van der Waals surface area contributed by atoms with E-state index in [-0.39, 0.29) is 12.5 Å². The summed E-state index contributed by atoms with van der Waals surface area (Å²) in [7, 11) is -3.68. The van der Waals surface area contributed by atoms with E-state index in [1.54, 1.807) is 49.4 Å². The molecule has 2 aromatic carbocycles. The summed E-state index contributed by atoms with van der Waals surface area (Å²) in [4.78, 5) is 12.7. The number of amides is 1. The van der Waals surface area contributed by atoms with Gasteiger partial charge in [-0.15, -0.1) is 0 Å². The molecule has 0 aliphatic rings. The largest absolute Gasteiger partial charge is 0.350 e. The number of nitrogens with one attached hydrogen (secondary N) is 1. The fourth-order valence-electron chi connectivity index (χ4n) is 2.58. The van der Waals surface area contributed by atoms with Crippen molar-refractivity contribution < 1.29 is 13.2 Å². The van der Waals surface area contributed by atoms with Crippen LogP contribution in [0.25, 0.3) is 0 Å². The van der Waals surface area contributed by atoms with Gasteiger partial charge in [-0.1, -0.05) is 48.3 Å². The first kappa shape index (κ1) is 20.6. The molecule has 0 spiro atoms. The number of sulfonamides is 1. The molecule has 0 unspecified atom stereocenters. The topological polar surface area (TPSA) is 66.5 Å². The predicted octanol–water partition coefficient (Wildman–Crippen LogP) is 3.85. The molecular formula is C18H20Cl2N2O3S. The molecule has 26 heavy (non-hydrogen) atoms. The standard InChI is InChI=1S/C18H20Cl2N2O3S/c1-3-17(18(23)21-12-13-7-9-14(19)10-8-13)22(26(2,24)25)16-6-4-5-15(20)11-16/h4-11,17H,3,12H2,1-2H3,(H,21,23)/t17-/m1/s1. The third-order valence-corrected chi connectivity index (χ3v) is 5.44. The van der Waals surface area contributed by atoms with Gasteiger partial charge in [0.2, 0.25) is 15.9 Å². The quantitative estimate of drug-likeness (QED) is 0.747. The van der Waals surface area contributed by atoms with Crippen LogP contribution < -0.4 is 9.62 Å². The Morgan fingerprint density at radius 1 is 1.12 bits per heavy atom. The minimum atomic E-state index is -3.68. The number of carbonyl (C=O) groups excluding carboxylic acids is 1. The predicted molar refractivity (Wildman–Crippen MR) is 106 cm³/mol. The summed E-state index contributed by atoms with van der Waals surface area (Å²) >= 11 is 11.8. The summed E-state index contributed by atoms with van der Waals surface area (Å²) in [5, 5.41) is 3.79. The second-order valence-corrected chi connectivity index (χ2v) is 8.54. The Hall–Kier alpha value is -1.76. The molecule has 0 bridgehead atoms. The molecule has 0 fully saturated rings. The first-order chi connectivity index (χ1) is 12.2. The van der Waals surface area contributed by atoms with Crippen LogP contribution >= 0.6 is 23.2 Å². The number of nitrogens with zero attached hydrogens (tertiary/aromatic N) is 1. The monoisotopic (exact) mass is 414 g/mol. The normalized spacial score (nSPS) is 12.5. The summed E-state index contributed by atoms with van der Waals surface area (Å²) < 4.78 is 25.8. The zero-order valence-corrected chi connectivity index (χ0v) is 16.8. The molecule has 0 aromatic heterocycles. The van der Waals surface area contributed by atoms with Crippen molar-refractivity contribution in [3.8, 4) is 0 Å². The van der Waals surface area contributed by atoms with Crippen molar-refractivity contribution in [2.24, 2.45) is 0 Å². The molecule has 0 radical (unpaired) electrons. The van der Waals surface area contributed by atoms with Gasteiger partial charge >= 0.3 is 0 Å². The highest BCUT2D eigenvalue weighted by atomic mass is 35.5. The first-order valence-corrected chi connectivity index (χ1v) is 10.6. The average molecular weight is 415 g/mol. The van der Waals surface area contributed by atoms with Gasteiger partial charge in [0, 0.05) is 16.6 Å². The maximum atomic E-state index is 12.7. The molecule has 1 amide bonds. The van der Waals surface area contributed by atoms with Crippen LogP contribution in [0.5, 0.6) is 0 Å². The molecular weight excluding hydrogens is 395 g/mol. The lowest BCUT2D eigenvalue weighted by molar-refractivity contribution is -0.122. The van der Waals surface area contributed by atoms with Gasteiger partial charge in [-0.3, -0.25) is 9.10 Å². The van der Waals surface area contributed by atoms with Gasteiger partial charge in [-0.2, -0.15) is 0 Å². The zero-order valence-electron chi connectivity index (χ0n) is 14.4. The smallest absolute Gasteiger partial charge is 0.244 e. The lowest BCUT2D eigenvalue weighted by Crippen LogP contribution is -2.49. The average Bonchev–Trinajstić information content (AvgIpc) is 2.57. The van der Waals surface area contributed by atoms with Crippen LogP contribution in [0.3, 0.4) is 0 Å².